The summed E-state index contributed by atoms with van der Waals surface area (Å²) in [5.74, 6) is -0.431. The maximum atomic E-state index is 11.1. The largest absolute Gasteiger partial charge is 0.366 e. The van der Waals surface area contributed by atoms with Crippen molar-refractivity contribution in [3.8, 4) is 0 Å². The molecule has 0 unspecified atom stereocenters. The van der Waals surface area contributed by atoms with Crippen LogP contribution >= 0.6 is 0 Å². The highest BCUT2D eigenvalue weighted by molar-refractivity contribution is 7.73. The van der Waals surface area contributed by atoms with Gasteiger partial charge in [-0.3, -0.25) is 9.52 Å². The van der Waals surface area contributed by atoms with E-state index in [0.717, 1.165) is 24.0 Å². The standard InChI is InChI=1S/C15H16N2O3S/c16-15(18)13-3-1-2-12(10-13)5-4-11-6-8-14(9-7-11)17-21(19)20/h1-3,6-10,21H,4-5H2,(H2,16,18)(H,17,19,20). The van der Waals surface area contributed by atoms with E-state index in [-0.39, 0.29) is 0 Å². The molecule has 110 valence electrons. The predicted molar refractivity (Wildman–Crippen MR) is 82.7 cm³/mol. The summed E-state index contributed by atoms with van der Waals surface area (Å²) >= 11 is 0. The molecule has 0 aromatic heterocycles. The Hall–Kier alpha value is -2.34. The Morgan fingerprint density at radius 1 is 1.00 bits per heavy atom. The van der Waals surface area contributed by atoms with Gasteiger partial charge in [0.15, 0.2) is 0 Å². The number of hydrogen-bond acceptors (Lipinski definition) is 3. The minimum absolute atomic E-state index is 0.431. The number of aryl methyl sites for hydroxylation is 2. The Morgan fingerprint density at radius 3 is 2.29 bits per heavy atom. The highest BCUT2D eigenvalue weighted by atomic mass is 32.2. The van der Waals surface area contributed by atoms with Crippen LogP contribution in [0.1, 0.15) is 21.5 Å². The molecule has 0 saturated heterocycles. The van der Waals surface area contributed by atoms with Gasteiger partial charge >= 0.3 is 0 Å². The molecule has 5 nitrogen and oxygen atoms in total. The van der Waals surface area contributed by atoms with Gasteiger partial charge in [-0.15, -0.1) is 0 Å². The van der Waals surface area contributed by atoms with Crippen LogP contribution in [0.15, 0.2) is 48.5 Å². The molecule has 0 atom stereocenters. The average molecular weight is 304 g/mol. The summed E-state index contributed by atoms with van der Waals surface area (Å²) in [6, 6.07) is 14.4. The minimum Gasteiger partial charge on any atom is -0.366 e. The molecule has 6 heteroatoms. The first-order chi connectivity index (χ1) is 10.0. The number of thiol groups is 1. The molecule has 0 aliphatic rings. The van der Waals surface area contributed by atoms with Gasteiger partial charge in [-0.2, -0.15) is 0 Å². The van der Waals surface area contributed by atoms with Crippen molar-refractivity contribution in [1.82, 2.24) is 0 Å². The van der Waals surface area contributed by atoms with E-state index in [0.29, 0.717) is 11.3 Å². The van der Waals surface area contributed by atoms with E-state index in [1.807, 2.05) is 24.3 Å². The third-order valence-electron chi connectivity index (χ3n) is 3.09. The van der Waals surface area contributed by atoms with E-state index in [1.165, 1.54) is 0 Å². The fourth-order valence-corrected chi connectivity index (χ4v) is 2.38. The van der Waals surface area contributed by atoms with Crippen LogP contribution in [0.2, 0.25) is 0 Å². The number of amides is 1. The second kappa shape index (κ2) is 6.90. The molecule has 1 amide bonds. The Bertz CT molecular complexity index is 701. The fraction of sp³-hybridized carbons (Fsp3) is 0.133. The maximum Gasteiger partial charge on any atom is 0.248 e. The van der Waals surface area contributed by atoms with Crippen molar-refractivity contribution >= 4 is 22.5 Å². The van der Waals surface area contributed by atoms with Crippen LogP contribution < -0.4 is 10.5 Å². The van der Waals surface area contributed by atoms with Crippen LogP contribution in [0.25, 0.3) is 0 Å². The van der Waals surface area contributed by atoms with Crippen molar-refractivity contribution in [3.63, 3.8) is 0 Å². The van der Waals surface area contributed by atoms with E-state index in [2.05, 4.69) is 4.72 Å². The minimum atomic E-state index is -2.63. The molecule has 0 aliphatic carbocycles. The number of hydrogen-bond donors (Lipinski definition) is 3. The number of anilines is 1. The van der Waals surface area contributed by atoms with Crippen molar-refractivity contribution in [2.75, 3.05) is 4.72 Å². The molecule has 0 aliphatic heterocycles. The summed E-state index contributed by atoms with van der Waals surface area (Å²) in [5.41, 5.74) is 8.43. The van der Waals surface area contributed by atoms with Gasteiger partial charge < -0.3 is 5.73 Å². The van der Waals surface area contributed by atoms with E-state index in [4.69, 9.17) is 5.73 Å². The van der Waals surface area contributed by atoms with Gasteiger partial charge in [0.25, 0.3) is 0 Å². The molecular weight excluding hydrogens is 288 g/mol. The highest BCUT2D eigenvalue weighted by Gasteiger charge is 2.02. The second-order valence-corrected chi connectivity index (χ2v) is 5.37. The van der Waals surface area contributed by atoms with Crippen LogP contribution in [0.5, 0.6) is 0 Å². The van der Waals surface area contributed by atoms with Gasteiger partial charge in [0.2, 0.25) is 16.8 Å². The molecule has 3 N–H and O–H groups in total. The summed E-state index contributed by atoms with van der Waals surface area (Å²) in [6.07, 6.45) is 1.58. The summed E-state index contributed by atoms with van der Waals surface area (Å²) in [7, 11) is -2.63. The SMILES string of the molecule is NC(=O)c1cccc(CCc2ccc(N[SH](=O)=O)cc2)c1. The molecule has 0 fully saturated rings. The van der Waals surface area contributed by atoms with Gasteiger partial charge in [0.1, 0.15) is 0 Å². The molecule has 2 rings (SSSR count). The van der Waals surface area contributed by atoms with Crippen molar-refractivity contribution in [1.29, 1.82) is 0 Å². The number of carbonyl (C=O) groups is 1. The van der Waals surface area contributed by atoms with Crippen LogP contribution in [-0.2, 0) is 23.7 Å². The monoisotopic (exact) mass is 304 g/mol. The van der Waals surface area contributed by atoms with Gasteiger partial charge in [-0.25, -0.2) is 8.42 Å². The smallest absolute Gasteiger partial charge is 0.248 e. The molecule has 0 saturated carbocycles. The number of nitrogens with two attached hydrogens (primary N) is 1. The summed E-state index contributed by atoms with van der Waals surface area (Å²) in [6.45, 7) is 0. The summed E-state index contributed by atoms with van der Waals surface area (Å²) < 4.78 is 23.4. The number of rotatable bonds is 6. The van der Waals surface area contributed by atoms with Crippen molar-refractivity contribution < 1.29 is 13.2 Å². The lowest BCUT2D eigenvalue weighted by Gasteiger charge is -2.05. The van der Waals surface area contributed by atoms with Gasteiger partial charge in [0, 0.05) is 11.3 Å². The van der Waals surface area contributed by atoms with E-state index in [9.17, 15) is 13.2 Å². The number of primary amides is 1. The number of carbonyl (C=O) groups excluding carboxylic acids is 1. The first-order valence-electron chi connectivity index (χ1n) is 6.43. The molecule has 0 radical (unpaired) electrons. The molecule has 21 heavy (non-hydrogen) atoms. The topological polar surface area (TPSA) is 89.3 Å². The van der Waals surface area contributed by atoms with E-state index >= 15 is 0 Å². The van der Waals surface area contributed by atoms with Gasteiger partial charge in [0.05, 0.1) is 0 Å². The molecule has 0 heterocycles. The Morgan fingerprint density at radius 2 is 1.67 bits per heavy atom. The third kappa shape index (κ3) is 4.61. The fourth-order valence-electron chi connectivity index (χ4n) is 2.02. The zero-order valence-electron chi connectivity index (χ0n) is 11.3. The highest BCUT2D eigenvalue weighted by Crippen LogP contribution is 2.13. The lowest BCUT2D eigenvalue weighted by atomic mass is 10.0. The van der Waals surface area contributed by atoms with E-state index in [1.54, 1.807) is 24.3 Å². The van der Waals surface area contributed by atoms with Gasteiger partial charge in [-0.1, -0.05) is 24.3 Å². The number of benzene rings is 2. The molecule has 0 spiro atoms. The molecule has 2 aromatic carbocycles. The third-order valence-corrected chi connectivity index (χ3v) is 3.53. The first kappa shape index (κ1) is 15.1. The van der Waals surface area contributed by atoms with Crippen LogP contribution in [-0.4, -0.2) is 14.3 Å². The lowest BCUT2D eigenvalue weighted by Crippen LogP contribution is -2.11. The van der Waals surface area contributed by atoms with Crippen LogP contribution in [0.3, 0.4) is 0 Å². The van der Waals surface area contributed by atoms with E-state index < -0.39 is 16.8 Å². The Balaban J connectivity index is 1.99. The molecular formula is C15H16N2O3S. The normalized spacial score (nSPS) is 10.5. The lowest BCUT2D eigenvalue weighted by molar-refractivity contribution is 0.1000. The zero-order chi connectivity index (χ0) is 15.2. The van der Waals surface area contributed by atoms with Crippen LogP contribution in [0, 0.1) is 0 Å². The summed E-state index contributed by atoms with van der Waals surface area (Å²) in [4.78, 5) is 11.1. The Labute approximate surface area is 124 Å². The quantitative estimate of drug-likeness (QED) is 0.707. The molecule has 0 bridgehead atoms. The number of nitrogens with one attached hydrogen (secondary N) is 1. The first-order valence-corrected chi connectivity index (χ1v) is 7.61. The Kier molecular flexibility index (Phi) is 4.94. The van der Waals surface area contributed by atoms with Crippen molar-refractivity contribution in [2.45, 2.75) is 12.8 Å². The molecule has 2 aromatic rings. The zero-order valence-corrected chi connectivity index (χ0v) is 12.2. The predicted octanol–water partition coefficient (Wildman–Crippen LogP) is 1.51. The second-order valence-electron chi connectivity index (χ2n) is 4.63. The van der Waals surface area contributed by atoms with Crippen LogP contribution in [0.4, 0.5) is 5.69 Å². The van der Waals surface area contributed by atoms with Crippen molar-refractivity contribution in [3.05, 3.63) is 65.2 Å². The van der Waals surface area contributed by atoms with Gasteiger partial charge in [-0.05, 0) is 48.2 Å². The maximum absolute atomic E-state index is 11.1. The van der Waals surface area contributed by atoms with Crippen molar-refractivity contribution in [2.24, 2.45) is 5.73 Å². The average Bonchev–Trinajstić information content (AvgIpc) is 2.46. The summed E-state index contributed by atoms with van der Waals surface area (Å²) in [5, 5.41) is 0.